The van der Waals surface area contributed by atoms with Gasteiger partial charge in [-0.05, 0) is 18.2 Å². The Morgan fingerprint density at radius 2 is 2.15 bits per heavy atom. The van der Waals surface area contributed by atoms with Crippen molar-refractivity contribution in [3.63, 3.8) is 0 Å². The van der Waals surface area contributed by atoms with Crippen LogP contribution in [0.1, 0.15) is 5.89 Å². The standard InChI is InChI=1S/C12H8ClN5O2/c13-9-1-2-11-10(3-9)17-12(20-11)8(5-19)4-16-18-6-14-15-7-18/h1-7,16H. The molecule has 3 rings (SSSR count). The summed E-state index contributed by atoms with van der Waals surface area (Å²) in [6.45, 7) is 0. The van der Waals surface area contributed by atoms with Crippen LogP contribution in [0.5, 0.6) is 0 Å². The van der Waals surface area contributed by atoms with Crippen LogP contribution in [-0.2, 0) is 4.79 Å². The van der Waals surface area contributed by atoms with E-state index in [2.05, 4.69) is 20.6 Å². The molecule has 7 nitrogen and oxygen atoms in total. The van der Waals surface area contributed by atoms with Crippen molar-refractivity contribution in [1.82, 2.24) is 19.9 Å². The van der Waals surface area contributed by atoms with Crippen molar-refractivity contribution in [3.05, 3.63) is 48.0 Å². The van der Waals surface area contributed by atoms with Crippen molar-refractivity contribution >= 4 is 34.6 Å². The van der Waals surface area contributed by atoms with Crippen LogP contribution < -0.4 is 5.43 Å². The van der Waals surface area contributed by atoms with Crippen LogP contribution >= 0.6 is 11.6 Å². The molecular weight excluding hydrogens is 282 g/mol. The number of fused-ring (bicyclic) bond motifs is 1. The third-order valence-electron chi connectivity index (χ3n) is 2.51. The van der Waals surface area contributed by atoms with Gasteiger partial charge in [0.05, 0.1) is 5.57 Å². The Morgan fingerprint density at radius 3 is 2.90 bits per heavy atom. The van der Waals surface area contributed by atoms with Gasteiger partial charge in [-0.3, -0.25) is 10.2 Å². The lowest BCUT2D eigenvalue weighted by Crippen LogP contribution is -2.06. The molecule has 100 valence electrons. The molecule has 3 aromatic rings. The number of hydrogen-bond donors (Lipinski definition) is 1. The maximum absolute atomic E-state index is 11.1. The first-order chi connectivity index (χ1) is 9.76. The van der Waals surface area contributed by atoms with E-state index in [1.807, 2.05) is 0 Å². The normalized spacial score (nSPS) is 11.8. The fourth-order valence-electron chi connectivity index (χ4n) is 1.58. The molecule has 2 heterocycles. The van der Waals surface area contributed by atoms with E-state index in [-0.39, 0.29) is 11.5 Å². The van der Waals surface area contributed by atoms with Gasteiger partial charge in [0.2, 0.25) is 5.89 Å². The Labute approximate surface area is 117 Å². The molecule has 1 N–H and O–H groups in total. The van der Waals surface area contributed by atoms with Gasteiger partial charge in [-0.1, -0.05) is 11.6 Å². The predicted octanol–water partition coefficient (Wildman–Crippen LogP) is 1.86. The van der Waals surface area contributed by atoms with Crippen molar-refractivity contribution in [3.8, 4) is 0 Å². The summed E-state index contributed by atoms with van der Waals surface area (Å²) in [6.07, 6.45) is 4.99. The molecule has 0 atom stereocenters. The second kappa shape index (κ2) is 5.14. The topological polar surface area (TPSA) is 85.8 Å². The van der Waals surface area contributed by atoms with Crippen molar-refractivity contribution in [2.75, 3.05) is 5.43 Å². The molecule has 0 aliphatic carbocycles. The minimum atomic E-state index is 0.206. The molecule has 0 aliphatic rings. The van der Waals surface area contributed by atoms with Crippen LogP contribution in [0.15, 0.2) is 41.5 Å². The highest BCUT2D eigenvalue weighted by Crippen LogP contribution is 2.22. The number of oxazole rings is 1. The molecule has 0 radical (unpaired) electrons. The van der Waals surface area contributed by atoms with E-state index in [0.717, 1.165) is 0 Å². The lowest BCUT2D eigenvalue weighted by Gasteiger charge is -1.99. The maximum atomic E-state index is 11.1. The number of halogens is 1. The molecule has 2 aromatic heterocycles. The Kier molecular flexibility index (Phi) is 3.18. The largest absolute Gasteiger partial charge is 0.436 e. The first-order valence-corrected chi connectivity index (χ1v) is 5.97. The molecule has 0 saturated heterocycles. The molecule has 20 heavy (non-hydrogen) atoms. The van der Waals surface area contributed by atoms with Crippen LogP contribution in [0, 0.1) is 0 Å². The number of benzene rings is 1. The summed E-state index contributed by atoms with van der Waals surface area (Å²) in [5.41, 5.74) is 4.20. The zero-order valence-electron chi connectivity index (χ0n) is 10.0. The van der Waals surface area contributed by atoms with Gasteiger partial charge >= 0.3 is 0 Å². The lowest BCUT2D eigenvalue weighted by molar-refractivity contribution is -0.103. The third-order valence-corrected chi connectivity index (χ3v) is 2.75. The Bertz CT molecular complexity index is 778. The number of carbonyl (C=O) groups excluding carboxylic acids is 1. The highest BCUT2D eigenvalue weighted by Gasteiger charge is 2.10. The van der Waals surface area contributed by atoms with E-state index >= 15 is 0 Å². The zero-order chi connectivity index (χ0) is 13.9. The summed E-state index contributed by atoms with van der Waals surface area (Å²) in [5, 5.41) is 7.80. The molecule has 0 bridgehead atoms. The molecular formula is C12H8ClN5O2. The molecule has 0 spiro atoms. The molecule has 0 amide bonds. The monoisotopic (exact) mass is 289 g/mol. The summed E-state index contributed by atoms with van der Waals surface area (Å²) in [4.78, 5) is 15.3. The van der Waals surface area contributed by atoms with Gasteiger partial charge in [0, 0.05) is 11.2 Å². The van der Waals surface area contributed by atoms with E-state index in [1.165, 1.54) is 23.5 Å². The van der Waals surface area contributed by atoms with Gasteiger partial charge < -0.3 is 4.42 Å². The second-order valence-electron chi connectivity index (χ2n) is 3.85. The number of rotatable bonds is 4. The highest BCUT2D eigenvalue weighted by molar-refractivity contribution is 6.31. The minimum absolute atomic E-state index is 0.206. The molecule has 0 saturated carbocycles. The molecule has 8 heteroatoms. The highest BCUT2D eigenvalue weighted by atomic mass is 35.5. The van der Waals surface area contributed by atoms with Gasteiger partial charge in [-0.2, -0.15) is 0 Å². The first kappa shape index (κ1) is 12.4. The number of nitrogens with zero attached hydrogens (tertiary/aromatic N) is 4. The Balaban J connectivity index is 1.94. The van der Waals surface area contributed by atoms with Crippen LogP contribution in [0.2, 0.25) is 5.02 Å². The van der Waals surface area contributed by atoms with E-state index in [1.54, 1.807) is 18.2 Å². The van der Waals surface area contributed by atoms with Gasteiger partial charge in [0.15, 0.2) is 11.9 Å². The van der Waals surface area contributed by atoms with E-state index in [0.29, 0.717) is 22.4 Å². The molecule has 0 fully saturated rings. The number of hydrogen-bond acceptors (Lipinski definition) is 6. The van der Waals surface area contributed by atoms with Gasteiger partial charge in [-0.25, -0.2) is 9.66 Å². The SMILES string of the molecule is O=CC(=CNn1cnnc1)c1nc2cc(Cl)ccc2o1. The summed E-state index contributed by atoms with van der Waals surface area (Å²) >= 11 is 5.87. The van der Waals surface area contributed by atoms with Crippen molar-refractivity contribution < 1.29 is 9.21 Å². The number of aldehydes is 1. The summed E-state index contributed by atoms with van der Waals surface area (Å²) < 4.78 is 6.97. The number of allylic oxidation sites excluding steroid dienone is 1. The average Bonchev–Trinajstić information content (AvgIpc) is 3.08. The van der Waals surface area contributed by atoms with Gasteiger partial charge in [-0.15, -0.1) is 10.2 Å². The average molecular weight is 290 g/mol. The van der Waals surface area contributed by atoms with Gasteiger partial charge in [0.25, 0.3) is 0 Å². The van der Waals surface area contributed by atoms with Crippen molar-refractivity contribution in [2.24, 2.45) is 0 Å². The van der Waals surface area contributed by atoms with Crippen LogP contribution in [-0.4, -0.2) is 26.1 Å². The molecule has 0 unspecified atom stereocenters. The first-order valence-electron chi connectivity index (χ1n) is 5.59. The predicted molar refractivity (Wildman–Crippen MR) is 72.4 cm³/mol. The second-order valence-corrected chi connectivity index (χ2v) is 4.28. The van der Waals surface area contributed by atoms with Crippen molar-refractivity contribution in [2.45, 2.75) is 0 Å². The summed E-state index contributed by atoms with van der Waals surface area (Å²) in [7, 11) is 0. The van der Waals surface area contributed by atoms with Gasteiger partial charge in [0.1, 0.15) is 18.2 Å². The Morgan fingerprint density at radius 1 is 1.35 bits per heavy atom. The molecule has 0 aliphatic heterocycles. The van der Waals surface area contributed by atoms with E-state index < -0.39 is 0 Å². The fraction of sp³-hybridized carbons (Fsp3) is 0. The Hall–Kier alpha value is -2.67. The third kappa shape index (κ3) is 2.39. The summed E-state index contributed by atoms with van der Waals surface area (Å²) in [5.74, 6) is 0.206. The summed E-state index contributed by atoms with van der Waals surface area (Å²) in [6, 6.07) is 5.06. The lowest BCUT2D eigenvalue weighted by atomic mass is 10.3. The van der Waals surface area contributed by atoms with E-state index in [9.17, 15) is 4.79 Å². The quantitative estimate of drug-likeness (QED) is 0.583. The van der Waals surface area contributed by atoms with E-state index in [4.69, 9.17) is 16.0 Å². The number of nitrogens with one attached hydrogen (secondary N) is 1. The minimum Gasteiger partial charge on any atom is -0.436 e. The zero-order valence-corrected chi connectivity index (χ0v) is 10.8. The van der Waals surface area contributed by atoms with Crippen LogP contribution in [0.3, 0.4) is 0 Å². The molecule has 1 aromatic carbocycles. The smallest absolute Gasteiger partial charge is 0.232 e. The van der Waals surface area contributed by atoms with Crippen molar-refractivity contribution in [1.29, 1.82) is 0 Å². The number of aromatic nitrogens is 4. The fourth-order valence-corrected chi connectivity index (χ4v) is 1.75. The van der Waals surface area contributed by atoms with Crippen LogP contribution in [0.25, 0.3) is 16.7 Å². The number of carbonyl (C=O) groups is 1. The van der Waals surface area contributed by atoms with Crippen LogP contribution in [0.4, 0.5) is 0 Å². The maximum Gasteiger partial charge on any atom is 0.232 e.